The zero-order chi connectivity index (χ0) is 26.0. The van der Waals surface area contributed by atoms with Gasteiger partial charge in [-0.3, -0.25) is 0 Å². The molecule has 3 heterocycles. The minimum atomic E-state index is -4.57. The van der Waals surface area contributed by atoms with Crippen molar-refractivity contribution in [3.63, 3.8) is 0 Å². The largest absolute Gasteiger partial charge is 0.457 e. The third-order valence-electron chi connectivity index (χ3n) is 5.97. The van der Waals surface area contributed by atoms with Crippen molar-refractivity contribution in [1.29, 1.82) is 0 Å². The second kappa shape index (κ2) is 9.54. The zero-order valence-corrected chi connectivity index (χ0v) is 20.1. The number of aromatic nitrogens is 4. The topological polar surface area (TPSA) is 52.8 Å². The minimum Gasteiger partial charge on any atom is -0.457 e. The van der Waals surface area contributed by atoms with Gasteiger partial charge in [-0.15, -0.1) is 0 Å². The summed E-state index contributed by atoms with van der Waals surface area (Å²) in [4.78, 5) is 8.58. The minimum absolute atomic E-state index is 0.0974. The van der Waals surface area contributed by atoms with E-state index in [9.17, 15) is 13.2 Å². The van der Waals surface area contributed by atoms with Crippen LogP contribution in [0.25, 0.3) is 17.1 Å². The molecule has 3 aromatic heterocycles. The van der Waals surface area contributed by atoms with Crippen molar-refractivity contribution < 1.29 is 17.9 Å². The molecule has 0 saturated heterocycles. The number of hydrogen-bond donors (Lipinski definition) is 0. The molecule has 8 heteroatoms. The van der Waals surface area contributed by atoms with Crippen LogP contribution in [-0.4, -0.2) is 19.7 Å². The Balaban J connectivity index is 1.60. The van der Waals surface area contributed by atoms with Gasteiger partial charge in [0.05, 0.1) is 33.9 Å². The number of nitrogens with zero attached hydrogens (tertiary/aromatic N) is 4. The Bertz CT molecular complexity index is 1510. The molecule has 186 valence electrons. The maximum absolute atomic E-state index is 13.4. The highest BCUT2D eigenvalue weighted by Crippen LogP contribution is 2.36. The molecular formula is C29H23F3N4O. The number of pyridine rings is 2. The normalized spacial score (nSPS) is 11.9. The molecule has 0 N–H and O–H groups in total. The molecule has 0 fully saturated rings. The molecular weight excluding hydrogens is 477 g/mol. The number of rotatable bonds is 6. The van der Waals surface area contributed by atoms with Gasteiger partial charge in [-0.1, -0.05) is 42.5 Å². The van der Waals surface area contributed by atoms with Gasteiger partial charge in [0, 0.05) is 18.3 Å². The van der Waals surface area contributed by atoms with E-state index in [1.165, 1.54) is 12.1 Å². The SMILES string of the molecule is CC(C)(c1cc(Oc2ccccc2)cc(-c2cccc(C(F)(F)F)n2)n1)c1ccn(-c2ccccc2)n1. The predicted octanol–water partition coefficient (Wildman–Crippen LogP) is 7.47. The van der Waals surface area contributed by atoms with E-state index < -0.39 is 17.3 Å². The Hall–Kier alpha value is -4.46. The molecule has 0 unspecified atom stereocenters. The first kappa shape index (κ1) is 24.2. The Kier molecular flexibility index (Phi) is 6.25. The van der Waals surface area contributed by atoms with Gasteiger partial charge in [-0.05, 0) is 56.3 Å². The standard InChI is InChI=1S/C29H23F3N4O/c1-28(2,25-16-17-36(35-25)20-10-5-3-6-11-20)27-19-22(37-21-12-7-4-8-13-21)18-24(34-27)23-14-9-15-26(33-23)29(30,31)32/h3-19H,1-2H3. The maximum Gasteiger partial charge on any atom is 0.433 e. The summed E-state index contributed by atoms with van der Waals surface area (Å²) in [6, 6.07) is 27.9. The predicted molar refractivity (Wildman–Crippen MR) is 135 cm³/mol. The van der Waals surface area contributed by atoms with Crippen LogP contribution in [0.3, 0.4) is 0 Å². The molecule has 0 radical (unpaired) electrons. The summed E-state index contributed by atoms with van der Waals surface area (Å²) < 4.78 is 47.9. The van der Waals surface area contributed by atoms with Crippen molar-refractivity contribution >= 4 is 0 Å². The monoisotopic (exact) mass is 500 g/mol. The molecule has 0 aliphatic rings. The highest BCUT2D eigenvalue weighted by molar-refractivity contribution is 5.58. The fraction of sp³-hybridized carbons (Fsp3) is 0.138. The summed E-state index contributed by atoms with van der Waals surface area (Å²) in [6.45, 7) is 3.92. The summed E-state index contributed by atoms with van der Waals surface area (Å²) in [6.07, 6.45) is -2.70. The van der Waals surface area contributed by atoms with Gasteiger partial charge in [-0.25, -0.2) is 14.6 Å². The molecule has 0 aliphatic carbocycles. The van der Waals surface area contributed by atoms with Crippen molar-refractivity contribution in [3.8, 4) is 28.6 Å². The van der Waals surface area contributed by atoms with Gasteiger partial charge >= 0.3 is 6.18 Å². The number of hydrogen-bond acceptors (Lipinski definition) is 4. The lowest BCUT2D eigenvalue weighted by atomic mass is 9.85. The number of alkyl halides is 3. The van der Waals surface area contributed by atoms with Crippen molar-refractivity contribution in [1.82, 2.24) is 19.7 Å². The molecule has 5 rings (SSSR count). The van der Waals surface area contributed by atoms with Crippen molar-refractivity contribution in [2.24, 2.45) is 0 Å². The number of para-hydroxylation sites is 2. The average Bonchev–Trinajstić information content (AvgIpc) is 3.41. The second-order valence-electron chi connectivity index (χ2n) is 9.00. The quantitative estimate of drug-likeness (QED) is 0.243. The lowest BCUT2D eigenvalue weighted by Crippen LogP contribution is -2.22. The maximum atomic E-state index is 13.4. The van der Waals surface area contributed by atoms with Crippen LogP contribution in [0.5, 0.6) is 11.5 Å². The Labute approximate surface area is 212 Å². The van der Waals surface area contributed by atoms with Crippen LogP contribution in [-0.2, 0) is 11.6 Å². The number of benzene rings is 2. The van der Waals surface area contributed by atoms with Crippen LogP contribution < -0.4 is 4.74 Å². The highest BCUT2D eigenvalue weighted by Gasteiger charge is 2.33. The lowest BCUT2D eigenvalue weighted by molar-refractivity contribution is -0.141. The molecule has 5 aromatic rings. The molecule has 2 aromatic carbocycles. The molecule has 0 spiro atoms. The van der Waals surface area contributed by atoms with Crippen LogP contribution in [0.15, 0.2) is 103 Å². The van der Waals surface area contributed by atoms with Crippen LogP contribution in [0.1, 0.15) is 30.9 Å². The van der Waals surface area contributed by atoms with Gasteiger partial charge in [0.15, 0.2) is 0 Å². The first-order valence-corrected chi connectivity index (χ1v) is 11.6. The van der Waals surface area contributed by atoms with E-state index in [-0.39, 0.29) is 11.4 Å². The molecule has 0 amide bonds. The fourth-order valence-corrected chi connectivity index (χ4v) is 3.89. The third kappa shape index (κ3) is 5.23. The smallest absolute Gasteiger partial charge is 0.433 e. The molecule has 37 heavy (non-hydrogen) atoms. The molecule has 5 nitrogen and oxygen atoms in total. The van der Waals surface area contributed by atoms with Gasteiger partial charge in [0.2, 0.25) is 0 Å². The average molecular weight is 501 g/mol. The van der Waals surface area contributed by atoms with Gasteiger partial charge in [-0.2, -0.15) is 18.3 Å². The number of ether oxygens (including phenoxy) is 1. The van der Waals surface area contributed by atoms with Gasteiger partial charge in [0.1, 0.15) is 17.2 Å². The van der Waals surface area contributed by atoms with Gasteiger partial charge in [0.25, 0.3) is 0 Å². The second-order valence-corrected chi connectivity index (χ2v) is 9.00. The summed E-state index contributed by atoms with van der Waals surface area (Å²) in [5.41, 5.74) is 0.908. The molecule has 0 atom stereocenters. The molecule has 0 aliphatic heterocycles. The van der Waals surface area contributed by atoms with E-state index >= 15 is 0 Å². The van der Waals surface area contributed by atoms with Crippen molar-refractivity contribution in [2.75, 3.05) is 0 Å². The van der Waals surface area contributed by atoms with Gasteiger partial charge < -0.3 is 4.74 Å². The third-order valence-corrected chi connectivity index (χ3v) is 5.97. The number of halogens is 3. The Morgan fingerprint density at radius 2 is 1.32 bits per heavy atom. The molecule has 0 bridgehead atoms. The van der Waals surface area contributed by atoms with E-state index in [2.05, 4.69) is 4.98 Å². The zero-order valence-electron chi connectivity index (χ0n) is 20.1. The fourth-order valence-electron chi connectivity index (χ4n) is 3.89. The van der Waals surface area contributed by atoms with Crippen molar-refractivity contribution in [2.45, 2.75) is 25.4 Å². The summed E-state index contributed by atoms with van der Waals surface area (Å²) >= 11 is 0. The molecule has 0 saturated carbocycles. The van der Waals surface area contributed by atoms with E-state index in [1.54, 1.807) is 28.9 Å². The van der Waals surface area contributed by atoms with Crippen LogP contribution in [0, 0.1) is 0 Å². The van der Waals surface area contributed by atoms with Crippen LogP contribution in [0.4, 0.5) is 13.2 Å². The Morgan fingerprint density at radius 1 is 0.649 bits per heavy atom. The van der Waals surface area contributed by atoms with E-state index in [1.807, 2.05) is 74.6 Å². The van der Waals surface area contributed by atoms with Crippen LogP contribution in [0.2, 0.25) is 0 Å². The Morgan fingerprint density at radius 3 is 2.03 bits per heavy atom. The van der Waals surface area contributed by atoms with Crippen LogP contribution >= 0.6 is 0 Å². The van der Waals surface area contributed by atoms with E-state index in [0.717, 1.165) is 17.4 Å². The summed E-state index contributed by atoms with van der Waals surface area (Å²) in [5, 5.41) is 4.76. The highest BCUT2D eigenvalue weighted by atomic mass is 19.4. The summed E-state index contributed by atoms with van der Waals surface area (Å²) in [5.74, 6) is 1.02. The first-order chi connectivity index (χ1) is 17.7. The summed E-state index contributed by atoms with van der Waals surface area (Å²) in [7, 11) is 0. The van der Waals surface area contributed by atoms with E-state index in [0.29, 0.717) is 17.2 Å². The lowest BCUT2D eigenvalue weighted by Gasteiger charge is -2.23. The first-order valence-electron chi connectivity index (χ1n) is 11.6. The van der Waals surface area contributed by atoms with Crippen molar-refractivity contribution in [3.05, 3.63) is 120 Å². The van der Waals surface area contributed by atoms with E-state index in [4.69, 9.17) is 14.8 Å².